The molecule has 2 heterocycles. The van der Waals surface area contributed by atoms with Gasteiger partial charge in [-0.15, -0.1) is 0 Å². The Kier molecular flexibility index (Phi) is 4.38. The number of aromatic nitrogens is 3. The summed E-state index contributed by atoms with van der Waals surface area (Å²) in [6.45, 7) is 2.35. The van der Waals surface area contributed by atoms with Crippen LogP contribution >= 0.6 is 11.3 Å². The van der Waals surface area contributed by atoms with Gasteiger partial charge in [-0.3, -0.25) is 19.6 Å². The number of nitrogens with zero attached hydrogens (tertiary/aromatic N) is 4. The SMILES string of the molecule is CCOc1ccc2nc(NC(=O)Cn3cc([N+](=O)[O-])cn3)sc2c1. The largest absolute Gasteiger partial charge is 0.494 e. The second-order valence-corrected chi connectivity index (χ2v) is 5.81. The summed E-state index contributed by atoms with van der Waals surface area (Å²) in [6.07, 6.45) is 2.30. The lowest BCUT2D eigenvalue weighted by Gasteiger charge is -2.00. The van der Waals surface area contributed by atoms with E-state index in [0.717, 1.165) is 22.2 Å². The van der Waals surface area contributed by atoms with E-state index in [9.17, 15) is 14.9 Å². The molecule has 1 amide bonds. The smallest absolute Gasteiger partial charge is 0.307 e. The van der Waals surface area contributed by atoms with Crippen LogP contribution in [0.3, 0.4) is 0 Å². The van der Waals surface area contributed by atoms with Gasteiger partial charge in [-0.2, -0.15) is 5.10 Å². The van der Waals surface area contributed by atoms with Gasteiger partial charge in [-0.25, -0.2) is 4.98 Å². The van der Waals surface area contributed by atoms with Crippen molar-refractivity contribution in [3.05, 3.63) is 40.7 Å². The van der Waals surface area contributed by atoms with Crippen molar-refractivity contribution < 1.29 is 14.5 Å². The summed E-state index contributed by atoms with van der Waals surface area (Å²) in [6, 6.07) is 5.51. The second kappa shape index (κ2) is 6.62. The van der Waals surface area contributed by atoms with Gasteiger partial charge in [0, 0.05) is 0 Å². The zero-order valence-corrected chi connectivity index (χ0v) is 13.4. The normalized spacial score (nSPS) is 10.7. The first-order chi connectivity index (χ1) is 11.5. The van der Waals surface area contributed by atoms with Gasteiger partial charge in [-0.05, 0) is 25.1 Å². The molecule has 2 aromatic heterocycles. The number of anilines is 1. The fourth-order valence-electron chi connectivity index (χ4n) is 2.05. The van der Waals surface area contributed by atoms with E-state index in [1.54, 1.807) is 0 Å². The molecule has 1 aromatic carbocycles. The van der Waals surface area contributed by atoms with E-state index in [0.29, 0.717) is 11.7 Å². The number of carbonyl (C=O) groups excluding carboxylic acids is 1. The first-order valence-corrected chi connectivity index (χ1v) is 7.87. The van der Waals surface area contributed by atoms with E-state index in [2.05, 4.69) is 15.4 Å². The molecule has 1 N–H and O–H groups in total. The number of carbonyl (C=O) groups is 1. The van der Waals surface area contributed by atoms with E-state index in [1.807, 2.05) is 25.1 Å². The van der Waals surface area contributed by atoms with Crippen LogP contribution in [0.5, 0.6) is 5.75 Å². The van der Waals surface area contributed by atoms with Crippen molar-refractivity contribution in [1.82, 2.24) is 14.8 Å². The van der Waals surface area contributed by atoms with Crippen LogP contribution in [0.15, 0.2) is 30.6 Å². The van der Waals surface area contributed by atoms with Gasteiger partial charge < -0.3 is 10.1 Å². The van der Waals surface area contributed by atoms with Crippen molar-refractivity contribution in [3.8, 4) is 5.75 Å². The fourth-order valence-corrected chi connectivity index (χ4v) is 2.96. The van der Waals surface area contributed by atoms with Crippen molar-refractivity contribution >= 4 is 38.3 Å². The summed E-state index contributed by atoms with van der Waals surface area (Å²) in [5.74, 6) is 0.382. The molecule has 0 unspecified atom stereocenters. The third-order valence-corrected chi connectivity index (χ3v) is 3.99. The van der Waals surface area contributed by atoms with Gasteiger partial charge in [0.05, 0.1) is 21.7 Å². The van der Waals surface area contributed by atoms with Crippen LogP contribution in [0.2, 0.25) is 0 Å². The quantitative estimate of drug-likeness (QED) is 0.541. The number of nitrogens with one attached hydrogen (secondary N) is 1. The first kappa shape index (κ1) is 15.9. The number of hydrogen-bond donors (Lipinski definition) is 1. The predicted molar refractivity (Wildman–Crippen MR) is 88.3 cm³/mol. The van der Waals surface area contributed by atoms with E-state index in [1.165, 1.54) is 22.2 Å². The maximum absolute atomic E-state index is 12.0. The zero-order chi connectivity index (χ0) is 17.1. The Labute approximate surface area is 140 Å². The standard InChI is InChI=1S/C14H13N5O4S/c1-2-23-10-3-4-11-12(5-10)24-14(16-11)17-13(20)8-18-7-9(6-15-18)19(21)22/h3-7H,2,8H2,1H3,(H,16,17,20). The molecule has 0 saturated carbocycles. The van der Waals surface area contributed by atoms with Gasteiger partial charge in [0.25, 0.3) is 0 Å². The van der Waals surface area contributed by atoms with Gasteiger partial charge in [0.15, 0.2) is 5.13 Å². The molecular formula is C14H13N5O4S. The van der Waals surface area contributed by atoms with Crippen molar-refractivity contribution in [3.63, 3.8) is 0 Å². The number of fused-ring (bicyclic) bond motifs is 1. The van der Waals surface area contributed by atoms with Crippen LogP contribution in [-0.2, 0) is 11.3 Å². The molecule has 0 aliphatic rings. The zero-order valence-electron chi connectivity index (χ0n) is 12.6. The van der Waals surface area contributed by atoms with Gasteiger partial charge >= 0.3 is 5.69 Å². The molecule has 9 nitrogen and oxygen atoms in total. The van der Waals surface area contributed by atoms with Crippen molar-refractivity contribution in [2.75, 3.05) is 11.9 Å². The van der Waals surface area contributed by atoms with Crippen molar-refractivity contribution in [1.29, 1.82) is 0 Å². The Morgan fingerprint density at radius 2 is 2.33 bits per heavy atom. The highest BCUT2D eigenvalue weighted by molar-refractivity contribution is 7.22. The van der Waals surface area contributed by atoms with E-state index in [-0.39, 0.29) is 18.1 Å². The maximum Gasteiger partial charge on any atom is 0.307 e. The summed E-state index contributed by atoms with van der Waals surface area (Å²) >= 11 is 1.33. The molecule has 0 spiro atoms. The van der Waals surface area contributed by atoms with E-state index < -0.39 is 4.92 Å². The molecule has 0 bridgehead atoms. The van der Waals surface area contributed by atoms with Crippen LogP contribution in [0.25, 0.3) is 10.2 Å². The summed E-state index contributed by atoms with van der Waals surface area (Å²) in [5.41, 5.74) is 0.597. The van der Waals surface area contributed by atoms with Crippen LogP contribution in [0, 0.1) is 10.1 Å². The molecule has 0 aliphatic heterocycles. The Bertz CT molecular complexity index is 904. The molecular weight excluding hydrogens is 334 g/mol. The number of rotatable bonds is 6. The topological polar surface area (TPSA) is 112 Å². The Hall–Kier alpha value is -3.01. The fraction of sp³-hybridized carbons (Fsp3) is 0.214. The van der Waals surface area contributed by atoms with Crippen molar-refractivity contribution in [2.24, 2.45) is 0 Å². The molecule has 124 valence electrons. The lowest BCUT2D eigenvalue weighted by molar-refractivity contribution is -0.385. The number of amides is 1. The number of ether oxygens (including phenoxy) is 1. The van der Waals surface area contributed by atoms with E-state index in [4.69, 9.17) is 4.74 Å². The highest BCUT2D eigenvalue weighted by Gasteiger charge is 2.13. The van der Waals surface area contributed by atoms with Gasteiger partial charge in [-0.1, -0.05) is 11.3 Å². The Morgan fingerprint density at radius 3 is 3.04 bits per heavy atom. The minimum Gasteiger partial charge on any atom is -0.494 e. The van der Waals surface area contributed by atoms with Crippen LogP contribution in [0.4, 0.5) is 10.8 Å². The van der Waals surface area contributed by atoms with Crippen LogP contribution < -0.4 is 10.1 Å². The van der Waals surface area contributed by atoms with Crippen LogP contribution in [0.1, 0.15) is 6.92 Å². The summed E-state index contributed by atoms with van der Waals surface area (Å²) in [7, 11) is 0. The van der Waals surface area contributed by atoms with E-state index >= 15 is 0 Å². The molecule has 3 rings (SSSR count). The number of nitro groups is 1. The molecule has 10 heteroatoms. The Balaban J connectivity index is 1.69. The lowest BCUT2D eigenvalue weighted by atomic mass is 10.3. The highest BCUT2D eigenvalue weighted by atomic mass is 32.1. The molecule has 0 aliphatic carbocycles. The Morgan fingerprint density at radius 1 is 1.50 bits per heavy atom. The van der Waals surface area contributed by atoms with Gasteiger partial charge in [0.2, 0.25) is 5.91 Å². The molecule has 3 aromatic rings. The predicted octanol–water partition coefficient (Wildman–Crippen LogP) is 2.44. The number of benzene rings is 1. The summed E-state index contributed by atoms with van der Waals surface area (Å²) < 4.78 is 7.53. The molecule has 24 heavy (non-hydrogen) atoms. The number of hydrogen-bond acceptors (Lipinski definition) is 7. The molecule has 0 fully saturated rings. The maximum atomic E-state index is 12.0. The summed E-state index contributed by atoms with van der Waals surface area (Å²) in [4.78, 5) is 26.4. The first-order valence-electron chi connectivity index (χ1n) is 7.05. The average Bonchev–Trinajstić information content (AvgIpc) is 3.13. The molecule has 0 saturated heterocycles. The van der Waals surface area contributed by atoms with Crippen molar-refractivity contribution in [2.45, 2.75) is 13.5 Å². The third-order valence-electron chi connectivity index (χ3n) is 3.05. The highest BCUT2D eigenvalue weighted by Crippen LogP contribution is 2.29. The van der Waals surface area contributed by atoms with Crippen LogP contribution in [-0.4, -0.2) is 32.2 Å². The third kappa shape index (κ3) is 3.49. The molecule has 0 radical (unpaired) electrons. The minimum atomic E-state index is -0.565. The lowest BCUT2D eigenvalue weighted by Crippen LogP contribution is -2.18. The second-order valence-electron chi connectivity index (χ2n) is 4.78. The summed E-state index contributed by atoms with van der Waals surface area (Å²) in [5, 5.41) is 17.5. The monoisotopic (exact) mass is 347 g/mol. The minimum absolute atomic E-state index is 0.131. The van der Waals surface area contributed by atoms with Gasteiger partial charge in [0.1, 0.15) is 24.7 Å². The average molecular weight is 347 g/mol. The molecule has 0 atom stereocenters. The number of thiazole rings is 1.